The molecule has 430 valence electrons. The topological polar surface area (TPSA) is 78.9 Å². The van der Waals surface area contributed by atoms with Crippen molar-refractivity contribution in [2.24, 2.45) is 0 Å². The predicted octanol–water partition coefficient (Wildman–Crippen LogP) is 21.9. The van der Waals surface area contributed by atoms with Gasteiger partial charge in [0.15, 0.2) is 6.10 Å². The molecule has 0 aromatic rings. The normalized spacial score (nSPS) is 12.4. The zero-order chi connectivity index (χ0) is 53.6. The minimum Gasteiger partial charge on any atom is -0.462 e. The Morgan fingerprint density at radius 3 is 0.824 bits per heavy atom. The summed E-state index contributed by atoms with van der Waals surface area (Å²) in [4.78, 5) is 38.3. The largest absolute Gasteiger partial charge is 0.462 e. The fourth-order valence-electron chi connectivity index (χ4n) is 9.47. The first-order valence-electron chi connectivity index (χ1n) is 32.3. The van der Waals surface area contributed by atoms with E-state index in [4.69, 9.17) is 14.2 Å². The molecule has 74 heavy (non-hydrogen) atoms. The molecule has 0 aliphatic carbocycles. The number of carbonyl (C=O) groups is 3. The molecule has 0 saturated heterocycles. The fourth-order valence-corrected chi connectivity index (χ4v) is 9.47. The molecule has 0 saturated carbocycles. The van der Waals surface area contributed by atoms with Crippen LogP contribution in [0.25, 0.3) is 0 Å². The van der Waals surface area contributed by atoms with Gasteiger partial charge < -0.3 is 14.2 Å². The number of rotatable bonds is 59. The number of esters is 3. The second-order valence-electron chi connectivity index (χ2n) is 21.7. The quantitative estimate of drug-likeness (QED) is 0.0261. The molecule has 1 atom stereocenters. The summed E-state index contributed by atoms with van der Waals surface area (Å²) in [6.45, 7) is 6.55. The molecule has 0 fully saturated rings. The SMILES string of the molecule is CC/C=C\C/C=C\C/C=C\C/C=C\C/C=C\CCCCCC(=O)OC(COC(=O)CCCCCCCCCCCCCCC)COC(=O)CCCCCCCCCCCCCCCCCCCCCCCCCC. The van der Waals surface area contributed by atoms with Gasteiger partial charge in [0.2, 0.25) is 0 Å². The van der Waals surface area contributed by atoms with E-state index in [1.165, 1.54) is 199 Å². The first-order chi connectivity index (χ1) is 36.5. The van der Waals surface area contributed by atoms with Crippen molar-refractivity contribution >= 4 is 17.9 Å². The lowest BCUT2D eigenvalue weighted by Crippen LogP contribution is -2.30. The van der Waals surface area contributed by atoms with E-state index in [9.17, 15) is 14.4 Å². The Morgan fingerprint density at radius 2 is 0.527 bits per heavy atom. The number of hydrogen-bond donors (Lipinski definition) is 0. The van der Waals surface area contributed by atoms with E-state index in [0.717, 1.165) is 96.3 Å². The van der Waals surface area contributed by atoms with Gasteiger partial charge in [-0.2, -0.15) is 0 Å². The van der Waals surface area contributed by atoms with Crippen molar-refractivity contribution in [1.82, 2.24) is 0 Å². The fraction of sp³-hybridized carbons (Fsp3) is 0.809. The third-order valence-corrected chi connectivity index (χ3v) is 14.3. The van der Waals surface area contributed by atoms with Crippen LogP contribution in [0.2, 0.25) is 0 Å². The molecule has 0 aromatic heterocycles. The van der Waals surface area contributed by atoms with Crippen LogP contribution in [0.5, 0.6) is 0 Å². The second kappa shape index (κ2) is 62.6. The summed E-state index contributed by atoms with van der Waals surface area (Å²) in [5.74, 6) is -0.896. The van der Waals surface area contributed by atoms with Crippen molar-refractivity contribution in [3.05, 3.63) is 60.8 Å². The van der Waals surface area contributed by atoms with Gasteiger partial charge in [-0.3, -0.25) is 14.4 Å². The summed E-state index contributed by atoms with van der Waals surface area (Å²) >= 11 is 0. The van der Waals surface area contributed by atoms with Gasteiger partial charge in [-0.05, 0) is 64.2 Å². The van der Waals surface area contributed by atoms with Crippen LogP contribution < -0.4 is 0 Å². The molecule has 6 nitrogen and oxygen atoms in total. The van der Waals surface area contributed by atoms with E-state index < -0.39 is 6.10 Å². The first kappa shape index (κ1) is 71.1. The minimum absolute atomic E-state index is 0.0833. The molecule has 0 amide bonds. The van der Waals surface area contributed by atoms with E-state index in [-0.39, 0.29) is 31.1 Å². The summed E-state index contributed by atoms with van der Waals surface area (Å²) in [6, 6.07) is 0. The molecular weight excluding hydrogens is 913 g/mol. The summed E-state index contributed by atoms with van der Waals surface area (Å²) < 4.78 is 16.9. The van der Waals surface area contributed by atoms with Crippen LogP contribution >= 0.6 is 0 Å². The minimum atomic E-state index is -0.789. The highest BCUT2D eigenvalue weighted by Crippen LogP contribution is 2.18. The maximum Gasteiger partial charge on any atom is 0.306 e. The van der Waals surface area contributed by atoms with Crippen LogP contribution in [0.3, 0.4) is 0 Å². The van der Waals surface area contributed by atoms with E-state index >= 15 is 0 Å². The summed E-state index contributed by atoms with van der Waals surface area (Å²) in [6.07, 6.45) is 79.5. The Hall–Kier alpha value is -2.89. The molecule has 0 N–H and O–H groups in total. The molecule has 1 unspecified atom stereocenters. The molecule has 0 aliphatic rings. The third-order valence-electron chi connectivity index (χ3n) is 14.3. The van der Waals surface area contributed by atoms with Crippen LogP contribution in [0.4, 0.5) is 0 Å². The highest BCUT2D eigenvalue weighted by atomic mass is 16.6. The van der Waals surface area contributed by atoms with Gasteiger partial charge in [-0.15, -0.1) is 0 Å². The Labute approximate surface area is 460 Å². The summed E-state index contributed by atoms with van der Waals surface area (Å²) in [7, 11) is 0. The number of allylic oxidation sites excluding steroid dienone is 10. The lowest BCUT2D eigenvalue weighted by molar-refractivity contribution is -0.167. The van der Waals surface area contributed by atoms with Gasteiger partial charge in [0.05, 0.1) is 0 Å². The molecule has 6 heteroatoms. The van der Waals surface area contributed by atoms with Gasteiger partial charge in [-0.1, -0.05) is 313 Å². The van der Waals surface area contributed by atoms with Crippen LogP contribution in [0, 0.1) is 0 Å². The standard InChI is InChI=1S/C68H122O6/c1-4-7-10-13-16-19-22-25-27-29-31-32-33-34-35-37-38-40-43-46-49-52-55-58-61-67(70)73-64-65(63-72-66(69)60-57-54-51-48-45-42-24-21-18-15-12-9-6-3)74-68(71)62-59-56-53-50-47-44-41-39-36-30-28-26-23-20-17-14-11-8-5-2/h8,11,17,20,26,28,36,39,44,47,65H,4-7,9-10,12-16,18-19,21-25,27,29-35,37-38,40-43,45-46,48-64H2,1-3H3/b11-8-,20-17-,28-26-,39-36-,47-44-. The highest BCUT2D eigenvalue weighted by molar-refractivity contribution is 5.71. The van der Waals surface area contributed by atoms with Crippen molar-refractivity contribution in [3.63, 3.8) is 0 Å². The Kier molecular flexibility index (Phi) is 60.2. The van der Waals surface area contributed by atoms with Gasteiger partial charge >= 0.3 is 17.9 Å². The van der Waals surface area contributed by atoms with E-state index in [2.05, 4.69) is 81.5 Å². The van der Waals surface area contributed by atoms with Crippen LogP contribution in [0.15, 0.2) is 60.8 Å². The zero-order valence-corrected chi connectivity index (χ0v) is 49.4. The first-order valence-corrected chi connectivity index (χ1v) is 32.3. The maximum atomic E-state index is 12.9. The van der Waals surface area contributed by atoms with Gasteiger partial charge in [0, 0.05) is 19.3 Å². The lowest BCUT2D eigenvalue weighted by Gasteiger charge is -2.18. The van der Waals surface area contributed by atoms with Crippen LogP contribution in [0.1, 0.15) is 335 Å². The third kappa shape index (κ3) is 60.0. The van der Waals surface area contributed by atoms with Crippen molar-refractivity contribution in [3.8, 4) is 0 Å². The van der Waals surface area contributed by atoms with E-state index in [1.807, 2.05) is 0 Å². The summed E-state index contributed by atoms with van der Waals surface area (Å²) in [5, 5.41) is 0. The average molecular weight is 1040 g/mol. The summed E-state index contributed by atoms with van der Waals surface area (Å²) in [5.41, 5.74) is 0. The Balaban J connectivity index is 4.31. The maximum absolute atomic E-state index is 12.9. The van der Waals surface area contributed by atoms with Crippen LogP contribution in [-0.4, -0.2) is 37.2 Å². The lowest BCUT2D eigenvalue weighted by atomic mass is 10.0. The number of hydrogen-bond acceptors (Lipinski definition) is 6. The number of unbranched alkanes of at least 4 members (excludes halogenated alkanes) is 38. The van der Waals surface area contributed by atoms with E-state index in [0.29, 0.717) is 19.3 Å². The molecule has 0 bridgehead atoms. The molecule has 0 rings (SSSR count). The van der Waals surface area contributed by atoms with Crippen molar-refractivity contribution < 1.29 is 28.6 Å². The van der Waals surface area contributed by atoms with E-state index in [1.54, 1.807) is 0 Å². The van der Waals surface area contributed by atoms with Crippen molar-refractivity contribution in [2.75, 3.05) is 13.2 Å². The number of carbonyl (C=O) groups excluding carboxylic acids is 3. The Bertz CT molecular complexity index is 1330. The zero-order valence-electron chi connectivity index (χ0n) is 49.4. The van der Waals surface area contributed by atoms with Crippen molar-refractivity contribution in [1.29, 1.82) is 0 Å². The molecule has 0 aromatic carbocycles. The number of ether oxygens (including phenoxy) is 3. The monoisotopic (exact) mass is 1030 g/mol. The van der Waals surface area contributed by atoms with Gasteiger partial charge in [0.1, 0.15) is 13.2 Å². The predicted molar refractivity (Wildman–Crippen MR) is 321 cm³/mol. The Morgan fingerprint density at radius 1 is 0.284 bits per heavy atom. The molecule has 0 aliphatic heterocycles. The average Bonchev–Trinajstić information content (AvgIpc) is 3.40. The second-order valence-corrected chi connectivity index (χ2v) is 21.7. The molecule has 0 radical (unpaired) electrons. The molecule has 0 spiro atoms. The van der Waals surface area contributed by atoms with Crippen molar-refractivity contribution in [2.45, 2.75) is 341 Å². The van der Waals surface area contributed by atoms with Gasteiger partial charge in [0.25, 0.3) is 0 Å². The smallest absolute Gasteiger partial charge is 0.306 e. The highest BCUT2D eigenvalue weighted by Gasteiger charge is 2.19. The molecular formula is C68H122O6. The van der Waals surface area contributed by atoms with Crippen LogP contribution in [-0.2, 0) is 28.6 Å². The van der Waals surface area contributed by atoms with Gasteiger partial charge in [-0.25, -0.2) is 0 Å². The molecule has 0 heterocycles.